The molecule has 3 rings (SSSR count). The van der Waals surface area contributed by atoms with Crippen LogP contribution in [0.5, 0.6) is 11.5 Å². The molecule has 0 radical (unpaired) electrons. The SMILES string of the molecule is C[C@H](C(=O)Nc1ccc2c(c1)OCO2)N(c1cccc(Cl)c1)S(C)(=O)=O. The monoisotopic (exact) mass is 396 g/mol. The molecule has 1 aliphatic rings. The van der Waals surface area contributed by atoms with Crippen molar-refractivity contribution in [2.75, 3.05) is 22.7 Å². The highest BCUT2D eigenvalue weighted by atomic mass is 35.5. The van der Waals surface area contributed by atoms with Gasteiger partial charge in [-0.3, -0.25) is 9.10 Å². The molecule has 1 atom stereocenters. The average Bonchev–Trinajstić information content (AvgIpc) is 3.01. The molecule has 9 heteroatoms. The van der Waals surface area contributed by atoms with E-state index < -0.39 is 22.0 Å². The summed E-state index contributed by atoms with van der Waals surface area (Å²) in [7, 11) is -3.71. The quantitative estimate of drug-likeness (QED) is 0.839. The summed E-state index contributed by atoms with van der Waals surface area (Å²) >= 11 is 5.96. The summed E-state index contributed by atoms with van der Waals surface area (Å²) < 4.78 is 36.0. The minimum Gasteiger partial charge on any atom is -0.454 e. The summed E-state index contributed by atoms with van der Waals surface area (Å²) in [6.45, 7) is 1.63. The predicted octanol–water partition coefficient (Wildman–Crippen LogP) is 2.86. The van der Waals surface area contributed by atoms with E-state index in [4.69, 9.17) is 21.1 Å². The Labute approximate surface area is 156 Å². The Balaban J connectivity index is 1.84. The second-order valence-corrected chi connectivity index (χ2v) is 8.07. The van der Waals surface area contributed by atoms with Gasteiger partial charge in [0.15, 0.2) is 11.5 Å². The van der Waals surface area contributed by atoms with E-state index in [0.717, 1.165) is 10.6 Å². The van der Waals surface area contributed by atoms with Crippen molar-refractivity contribution in [1.29, 1.82) is 0 Å². The normalized spacial score (nSPS) is 14.0. The molecule has 1 amide bonds. The molecule has 0 aliphatic carbocycles. The van der Waals surface area contributed by atoms with Gasteiger partial charge in [0, 0.05) is 16.8 Å². The van der Waals surface area contributed by atoms with Gasteiger partial charge in [-0.2, -0.15) is 0 Å². The number of anilines is 2. The topological polar surface area (TPSA) is 84.9 Å². The number of ether oxygens (including phenoxy) is 2. The molecule has 0 unspecified atom stereocenters. The Morgan fingerprint density at radius 2 is 1.92 bits per heavy atom. The molecule has 0 aromatic heterocycles. The Kier molecular flexibility index (Phi) is 4.97. The lowest BCUT2D eigenvalue weighted by molar-refractivity contribution is -0.116. The lowest BCUT2D eigenvalue weighted by Gasteiger charge is -2.28. The van der Waals surface area contributed by atoms with Gasteiger partial charge in [-0.25, -0.2) is 8.42 Å². The molecule has 2 aromatic carbocycles. The number of nitrogens with zero attached hydrogens (tertiary/aromatic N) is 1. The van der Waals surface area contributed by atoms with E-state index in [2.05, 4.69) is 5.32 Å². The van der Waals surface area contributed by atoms with E-state index >= 15 is 0 Å². The molecule has 138 valence electrons. The van der Waals surface area contributed by atoms with Crippen molar-refractivity contribution in [1.82, 2.24) is 0 Å². The number of carbonyl (C=O) groups excluding carboxylic acids is 1. The maximum absolute atomic E-state index is 12.6. The van der Waals surface area contributed by atoms with Gasteiger partial charge < -0.3 is 14.8 Å². The molecule has 0 saturated carbocycles. The number of hydrogen-bond donors (Lipinski definition) is 1. The second-order valence-electron chi connectivity index (χ2n) is 5.77. The minimum atomic E-state index is -3.71. The van der Waals surface area contributed by atoms with Gasteiger partial charge in [0.1, 0.15) is 6.04 Å². The highest BCUT2D eigenvalue weighted by molar-refractivity contribution is 7.92. The van der Waals surface area contributed by atoms with Crippen molar-refractivity contribution in [3.8, 4) is 11.5 Å². The number of hydrogen-bond acceptors (Lipinski definition) is 5. The first-order chi connectivity index (χ1) is 12.3. The van der Waals surface area contributed by atoms with E-state index in [1.807, 2.05) is 0 Å². The highest BCUT2D eigenvalue weighted by Crippen LogP contribution is 2.34. The van der Waals surface area contributed by atoms with Gasteiger partial charge in [-0.15, -0.1) is 0 Å². The van der Waals surface area contributed by atoms with Crippen molar-refractivity contribution in [2.45, 2.75) is 13.0 Å². The van der Waals surface area contributed by atoms with Gasteiger partial charge in [-0.05, 0) is 37.3 Å². The fourth-order valence-corrected chi connectivity index (χ4v) is 3.99. The Hall–Kier alpha value is -2.45. The zero-order valence-electron chi connectivity index (χ0n) is 14.1. The van der Waals surface area contributed by atoms with Gasteiger partial charge in [0.05, 0.1) is 11.9 Å². The molecule has 1 heterocycles. The van der Waals surface area contributed by atoms with Crippen molar-refractivity contribution < 1.29 is 22.7 Å². The smallest absolute Gasteiger partial charge is 0.247 e. The summed E-state index contributed by atoms with van der Waals surface area (Å²) in [5.74, 6) is 0.618. The van der Waals surface area contributed by atoms with Crippen LogP contribution < -0.4 is 19.1 Å². The minimum absolute atomic E-state index is 0.125. The zero-order valence-corrected chi connectivity index (χ0v) is 15.7. The standard InChI is InChI=1S/C17H17ClN2O5S/c1-11(20(26(2,22)23)14-5-3-4-12(18)8-14)17(21)19-13-6-7-15-16(9-13)25-10-24-15/h3-9,11H,10H2,1-2H3,(H,19,21)/t11-/m1/s1. The first kappa shape index (κ1) is 18.3. The van der Waals surface area contributed by atoms with Crippen LogP contribution in [0.3, 0.4) is 0 Å². The van der Waals surface area contributed by atoms with Gasteiger partial charge in [0.25, 0.3) is 0 Å². The summed E-state index contributed by atoms with van der Waals surface area (Å²) in [5, 5.41) is 3.07. The fourth-order valence-electron chi connectivity index (χ4n) is 2.64. The van der Waals surface area contributed by atoms with Crippen LogP contribution in [-0.2, 0) is 14.8 Å². The van der Waals surface area contributed by atoms with Crippen molar-refractivity contribution in [3.63, 3.8) is 0 Å². The first-order valence-corrected chi connectivity index (χ1v) is 9.94. The van der Waals surface area contributed by atoms with E-state index in [9.17, 15) is 13.2 Å². The lowest BCUT2D eigenvalue weighted by Crippen LogP contribution is -2.45. The van der Waals surface area contributed by atoms with Gasteiger partial charge >= 0.3 is 0 Å². The summed E-state index contributed by atoms with van der Waals surface area (Å²) in [6.07, 6.45) is 1.04. The molecular formula is C17H17ClN2O5S. The van der Waals surface area contributed by atoms with Crippen LogP contribution >= 0.6 is 11.6 Å². The Morgan fingerprint density at radius 3 is 2.62 bits per heavy atom. The summed E-state index contributed by atoms with van der Waals surface area (Å²) in [6, 6.07) is 10.3. The molecule has 2 aromatic rings. The van der Waals surface area contributed by atoms with Crippen LogP contribution in [0, 0.1) is 0 Å². The molecule has 0 bridgehead atoms. The molecule has 7 nitrogen and oxygen atoms in total. The van der Waals surface area contributed by atoms with Crippen LogP contribution in [-0.4, -0.2) is 33.4 Å². The number of nitrogens with one attached hydrogen (secondary N) is 1. The van der Waals surface area contributed by atoms with E-state index in [1.54, 1.807) is 36.4 Å². The Bertz CT molecular complexity index is 948. The third kappa shape index (κ3) is 3.86. The van der Waals surface area contributed by atoms with Crippen molar-refractivity contribution in [3.05, 3.63) is 47.5 Å². The maximum Gasteiger partial charge on any atom is 0.247 e. The molecule has 0 spiro atoms. The zero-order chi connectivity index (χ0) is 18.9. The predicted molar refractivity (Wildman–Crippen MR) is 99.4 cm³/mol. The number of halogens is 1. The number of amides is 1. The molecule has 0 fully saturated rings. The largest absolute Gasteiger partial charge is 0.454 e. The third-order valence-corrected chi connectivity index (χ3v) is 5.27. The molecule has 0 saturated heterocycles. The highest BCUT2D eigenvalue weighted by Gasteiger charge is 2.29. The lowest BCUT2D eigenvalue weighted by atomic mass is 10.2. The Morgan fingerprint density at radius 1 is 1.19 bits per heavy atom. The van der Waals surface area contributed by atoms with Crippen molar-refractivity contribution >= 4 is 38.9 Å². The number of sulfonamides is 1. The molecule has 26 heavy (non-hydrogen) atoms. The van der Waals surface area contributed by atoms with Crippen LogP contribution in [0.2, 0.25) is 5.02 Å². The summed E-state index contributed by atoms with van der Waals surface area (Å²) in [5.41, 5.74) is 0.791. The number of carbonyl (C=O) groups is 1. The van der Waals surface area contributed by atoms with Crippen LogP contribution in [0.1, 0.15) is 6.92 Å². The second kappa shape index (κ2) is 7.05. The van der Waals surface area contributed by atoms with Crippen molar-refractivity contribution in [2.24, 2.45) is 0 Å². The van der Waals surface area contributed by atoms with Gasteiger partial charge in [0.2, 0.25) is 22.7 Å². The van der Waals surface area contributed by atoms with Crippen LogP contribution in [0.4, 0.5) is 11.4 Å². The number of fused-ring (bicyclic) bond motifs is 1. The molecule has 1 N–H and O–H groups in total. The number of benzene rings is 2. The van der Waals surface area contributed by atoms with E-state index in [1.165, 1.54) is 13.0 Å². The third-order valence-electron chi connectivity index (χ3n) is 3.79. The first-order valence-electron chi connectivity index (χ1n) is 7.71. The van der Waals surface area contributed by atoms with E-state index in [0.29, 0.717) is 27.9 Å². The average molecular weight is 397 g/mol. The van der Waals surface area contributed by atoms with Gasteiger partial charge in [-0.1, -0.05) is 17.7 Å². The van der Waals surface area contributed by atoms with E-state index in [-0.39, 0.29) is 6.79 Å². The van der Waals surface area contributed by atoms with Crippen LogP contribution in [0.25, 0.3) is 0 Å². The molecule has 1 aliphatic heterocycles. The maximum atomic E-state index is 12.6. The number of rotatable bonds is 5. The van der Waals surface area contributed by atoms with Crippen LogP contribution in [0.15, 0.2) is 42.5 Å². The summed E-state index contributed by atoms with van der Waals surface area (Å²) in [4.78, 5) is 12.6. The molecular weight excluding hydrogens is 380 g/mol. The fraction of sp³-hybridized carbons (Fsp3) is 0.235.